The average Bonchev–Trinajstić information content (AvgIpc) is 3.14. The molecule has 0 saturated carbocycles. The number of ether oxygens (including phenoxy) is 2. The van der Waals surface area contributed by atoms with E-state index in [1.54, 1.807) is 53.2 Å². The monoisotopic (exact) mass is 420 g/mol. The Morgan fingerprint density at radius 1 is 0.933 bits per heavy atom. The van der Waals surface area contributed by atoms with Crippen molar-refractivity contribution in [3.8, 4) is 16.9 Å². The molecule has 7 heteroatoms. The van der Waals surface area contributed by atoms with E-state index in [9.17, 15) is 9.59 Å². The number of aromatic nitrogens is 2. The summed E-state index contributed by atoms with van der Waals surface area (Å²) < 4.78 is 12.2. The SMILES string of the molecule is CC(=O)Oc1ccc(-c2ccc(C(=O)OCc3cn4cc(Cl)ccc4n3)cc2)cc1. The van der Waals surface area contributed by atoms with E-state index in [1.165, 1.54) is 6.92 Å². The van der Waals surface area contributed by atoms with Crippen molar-refractivity contribution in [2.75, 3.05) is 0 Å². The van der Waals surface area contributed by atoms with E-state index in [0.717, 1.165) is 16.8 Å². The highest BCUT2D eigenvalue weighted by Gasteiger charge is 2.10. The van der Waals surface area contributed by atoms with Crippen LogP contribution in [0.25, 0.3) is 16.8 Å². The van der Waals surface area contributed by atoms with Gasteiger partial charge in [0.05, 0.1) is 16.3 Å². The Kier molecular flexibility index (Phi) is 5.50. The van der Waals surface area contributed by atoms with Crippen molar-refractivity contribution >= 4 is 29.2 Å². The summed E-state index contributed by atoms with van der Waals surface area (Å²) in [5.74, 6) is -0.305. The number of imidazole rings is 1. The number of fused-ring (bicyclic) bond motifs is 1. The van der Waals surface area contributed by atoms with E-state index in [1.807, 2.05) is 24.3 Å². The van der Waals surface area contributed by atoms with Crippen LogP contribution in [0.15, 0.2) is 73.1 Å². The summed E-state index contributed by atoms with van der Waals surface area (Å²) in [6, 6.07) is 17.8. The van der Waals surface area contributed by atoms with Gasteiger partial charge in [0.1, 0.15) is 18.0 Å². The van der Waals surface area contributed by atoms with Gasteiger partial charge < -0.3 is 13.9 Å². The number of pyridine rings is 1. The van der Waals surface area contributed by atoms with Gasteiger partial charge in [0.25, 0.3) is 0 Å². The fraction of sp³-hybridized carbons (Fsp3) is 0.0870. The van der Waals surface area contributed by atoms with Gasteiger partial charge in [-0.2, -0.15) is 0 Å². The Hall–Kier alpha value is -3.64. The zero-order valence-electron chi connectivity index (χ0n) is 16.0. The molecule has 0 atom stereocenters. The molecule has 0 spiro atoms. The van der Waals surface area contributed by atoms with Crippen LogP contribution >= 0.6 is 11.6 Å². The number of rotatable bonds is 5. The van der Waals surface area contributed by atoms with E-state index in [-0.39, 0.29) is 12.6 Å². The third kappa shape index (κ3) is 4.50. The number of carbonyl (C=O) groups excluding carboxylic acids is 2. The molecule has 6 nitrogen and oxygen atoms in total. The van der Waals surface area contributed by atoms with Crippen LogP contribution < -0.4 is 4.74 Å². The van der Waals surface area contributed by atoms with Gasteiger partial charge >= 0.3 is 11.9 Å². The minimum Gasteiger partial charge on any atom is -0.456 e. The van der Waals surface area contributed by atoms with Crippen molar-refractivity contribution in [1.82, 2.24) is 9.38 Å². The standard InChI is InChI=1S/C23H17ClN2O4/c1-15(27)30-21-9-6-17(7-10-21)16-2-4-18(5-3-16)23(28)29-14-20-13-26-12-19(24)8-11-22(26)25-20/h2-13H,14H2,1H3. The molecule has 4 aromatic rings. The van der Waals surface area contributed by atoms with Crippen LogP contribution in [0.5, 0.6) is 5.75 Å². The molecule has 0 unspecified atom stereocenters. The molecule has 2 aromatic heterocycles. The first-order valence-corrected chi connectivity index (χ1v) is 9.55. The lowest BCUT2D eigenvalue weighted by molar-refractivity contribution is -0.131. The first-order chi connectivity index (χ1) is 14.5. The third-order valence-corrected chi connectivity index (χ3v) is 4.61. The number of hydrogen-bond acceptors (Lipinski definition) is 5. The van der Waals surface area contributed by atoms with Gasteiger partial charge in [-0.25, -0.2) is 9.78 Å². The summed E-state index contributed by atoms with van der Waals surface area (Å²) in [7, 11) is 0. The van der Waals surface area contributed by atoms with E-state index < -0.39 is 5.97 Å². The highest BCUT2D eigenvalue weighted by atomic mass is 35.5. The van der Waals surface area contributed by atoms with Gasteiger partial charge in [-0.05, 0) is 47.5 Å². The molecule has 0 bridgehead atoms. The predicted octanol–water partition coefficient (Wildman–Crippen LogP) is 4.94. The Bertz CT molecular complexity index is 1210. The zero-order chi connectivity index (χ0) is 21.1. The van der Waals surface area contributed by atoms with Crippen molar-refractivity contribution in [1.29, 1.82) is 0 Å². The van der Waals surface area contributed by atoms with Crippen molar-refractivity contribution in [3.63, 3.8) is 0 Å². The van der Waals surface area contributed by atoms with Crippen molar-refractivity contribution in [3.05, 3.63) is 89.3 Å². The van der Waals surface area contributed by atoms with Crippen LogP contribution in [-0.2, 0) is 16.1 Å². The second-order valence-corrected chi connectivity index (χ2v) is 7.05. The molecule has 2 aromatic carbocycles. The Morgan fingerprint density at radius 2 is 1.60 bits per heavy atom. The topological polar surface area (TPSA) is 69.9 Å². The second-order valence-electron chi connectivity index (χ2n) is 6.62. The van der Waals surface area contributed by atoms with Crippen LogP contribution in [0.1, 0.15) is 23.0 Å². The fourth-order valence-corrected chi connectivity index (χ4v) is 3.16. The zero-order valence-corrected chi connectivity index (χ0v) is 16.8. The minimum atomic E-state index is -0.429. The molecular weight excluding hydrogens is 404 g/mol. The third-order valence-electron chi connectivity index (χ3n) is 4.39. The molecule has 150 valence electrons. The first-order valence-electron chi connectivity index (χ1n) is 9.17. The van der Waals surface area contributed by atoms with Gasteiger partial charge in [0.2, 0.25) is 0 Å². The molecule has 4 rings (SSSR count). The van der Waals surface area contributed by atoms with Gasteiger partial charge in [-0.3, -0.25) is 4.79 Å². The number of nitrogens with zero attached hydrogens (tertiary/aromatic N) is 2. The summed E-state index contributed by atoms with van der Waals surface area (Å²) in [6.07, 6.45) is 3.52. The van der Waals surface area contributed by atoms with Crippen LogP contribution in [0, 0.1) is 0 Å². The molecule has 0 radical (unpaired) electrons. The summed E-state index contributed by atoms with van der Waals surface area (Å²) >= 11 is 5.97. The maximum atomic E-state index is 12.4. The molecular formula is C23H17ClN2O4. The molecule has 0 saturated heterocycles. The smallest absolute Gasteiger partial charge is 0.338 e. The van der Waals surface area contributed by atoms with E-state index in [0.29, 0.717) is 22.0 Å². The minimum absolute atomic E-state index is 0.0670. The first kappa shape index (κ1) is 19.7. The average molecular weight is 421 g/mol. The highest BCUT2D eigenvalue weighted by Crippen LogP contribution is 2.23. The molecule has 0 aliphatic carbocycles. The van der Waals surface area contributed by atoms with Gasteiger partial charge in [-0.1, -0.05) is 35.9 Å². The molecule has 30 heavy (non-hydrogen) atoms. The summed E-state index contributed by atoms with van der Waals surface area (Å²) in [5, 5.41) is 0.601. The van der Waals surface area contributed by atoms with Gasteiger partial charge in [0.15, 0.2) is 0 Å². The number of esters is 2. The maximum Gasteiger partial charge on any atom is 0.338 e. The molecule has 0 aliphatic rings. The van der Waals surface area contributed by atoms with Crippen molar-refractivity contribution < 1.29 is 19.1 Å². The Labute approximate surface area is 177 Å². The van der Waals surface area contributed by atoms with Gasteiger partial charge in [0, 0.05) is 19.3 Å². The summed E-state index contributed by atoms with van der Waals surface area (Å²) in [4.78, 5) is 27.7. The van der Waals surface area contributed by atoms with Crippen LogP contribution in [0.4, 0.5) is 0 Å². The number of carbonyl (C=O) groups is 2. The molecule has 0 amide bonds. The quantitative estimate of drug-likeness (QED) is 0.338. The van der Waals surface area contributed by atoms with Gasteiger partial charge in [-0.15, -0.1) is 0 Å². The van der Waals surface area contributed by atoms with Crippen molar-refractivity contribution in [2.45, 2.75) is 13.5 Å². The maximum absolute atomic E-state index is 12.4. The number of benzene rings is 2. The molecule has 0 aliphatic heterocycles. The van der Waals surface area contributed by atoms with E-state index >= 15 is 0 Å². The number of hydrogen-bond donors (Lipinski definition) is 0. The summed E-state index contributed by atoms with van der Waals surface area (Å²) in [5.41, 5.74) is 3.68. The number of halogens is 1. The fourth-order valence-electron chi connectivity index (χ4n) is 2.99. The molecule has 2 heterocycles. The lowest BCUT2D eigenvalue weighted by atomic mass is 10.0. The summed E-state index contributed by atoms with van der Waals surface area (Å²) in [6.45, 7) is 1.42. The predicted molar refractivity (Wildman–Crippen MR) is 113 cm³/mol. The molecule has 0 fully saturated rings. The largest absolute Gasteiger partial charge is 0.456 e. The van der Waals surface area contributed by atoms with Crippen LogP contribution in [0.3, 0.4) is 0 Å². The normalized spacial score (nSPS) is 10.7. The highest BCUT2D eigenvalue weighted by molar-refractivity contribution is 6.30. The van der Waals surface area contributed by atoms with E-state index in [4.69, 9.17) is 21.1 Å². The molecule has 0 N–H and O–H groups in total. The van der Waals surface area contributed by atoms with Crippen LogP contribution in [0.2, 0.25) is 5.02 Å². The van der Waals surface area contributed by atoms with E-state index in [2.05, 4.69) is 4.98 Å². The van der Waals surface area contributed by atoms with Crippen molar-refractivity contribution in [2.24, 2.45) is 0 Å². The van der Waals surface area contributed by atoms with Crippen LogP contribution in [-0.4, -0.2) is 21.3 Å². The lowest BCUT2D eigenvalue weighted by Gasteiger charge is -2.06. The second kappa shape index (κ2) is 8.39. The Balaban J connectivity index is 1.40. The lowest BCUT2D eigenvalue weighted by Crippen LogP contribution is -2.05. The Morgan fingerprint density at radius 3 is 2.27 bits per heavy atom.